The molecule has 1 aliphatic rings. The summed E-state index contributed by atoms with van der Waals surface area (Å²) in [6.07, 6.45) is 0. The lowest BCUT2D eigenvalue weighted by atomic mass is 10.0. The van der Waals surface area contributed by atoms with Crippen molar-refractivity contribution in [1.29, 1.82) is 0 Å². The zero-order valence-electron chi connectivity index (χ0n) is 14.1. The predicted molar refractivity (Wildman–Crippen MR) is 94.8 cm³/mol. The van der Waals surface area contributed by atoms with Crippen LogP contribution in [0.3, 0.4) is 0 Å². The van der Waals surface area contributed by atoms with Crippen LogP contribution < -0.4 is 20.1 Å². The van der Waals surface area contributed by atoms with Gasteiger partial charge in [0.25, 0.3) is 0 Å². The molecule has 3 rings (SSSR count). The maximum absolute atomic E-state index is 12.3. The van der Waals surface area contributed by atoms with E-state index in [9.17, 15) is 4.79 Å². The third kappa shape index (κ3) is 3.62. The number of rotatable bonds is 5. The Balaban J connectivity index is 1.60. The molecule has 2 aromatic rings. The molecule has 2 aromatic carbocycles. The molecule has 0 saturated heterocycles. The van der Waals surface area contributed by atoms with Crippen molar-refractivity contribution in [3.05, 3.63) is 48.0 Å². The molecule has 0 aromatic heterocycles. The number of anilines is 2. The highest BCUT2D eigenvalue weighted by molar-refractivity contribution is 5.96. The van der Waals surface area contributed by atoms with E-state index in [1.165, 1.54) is 5.56 Å². The summed E-state index contributed by atoms with van der Waals surface area (Å²) < 4.78 is 10.6. The van der Waals surface area contributed by atoms with Gasteiger partial charge in [0.15, 0.2) is 11.5 Å². The molecule has 24 heavy (non-hydrogen) atoms. The summed E-state index contributed by atoms with van der Waals surface area (Å²) >= 11 is 0. The average molecular weight is 326 g/mol. The minimum atomic E-state index is -0.361. The van der Waals surface area contributed by atoms with E-state index in [2.05, 4.69) is 36.6 Å². The highest BCUT2D eigenvalue weighted by Crippen LogP contribution is 2.34. The maximum Gasteiger partial charge on any atom is 0.246 e. The number of nitrogens with one attached hydrogen (secondary N) is 2. The lowest BCUT2D eigenvalue weighted by Crippen LogP contribution is -2.31. The topological polar surface area (TPSA) is 59.6 Å². The van der Waals surface area contributed by atoms with Crippen LogP contribution in [0.4, 0.5) is 11.4 Å². The largest absolute Gasteiger partial charge is 0.454 e. The minimum Gasteiger partial charge on any atom is -0.454 e. The van der Waals surface area contributed by atoms with Crippen LogP contribution in [-0.2, 0) is 4.79 Å². The second-order valence-corrected chi connectivity index (χ2v) is 6.20. The monoisotopic (exact) mass is 326 g/mol. The molecule has 1 aliphatic heterocycles. The number of carbonyl (C=O) groups is 1. The fraction of sp³-hybridized carbons (Fsp3) is 0.316. The van der Waals surface area contributed by atoms with E-state index in [1.54, 1.807) is 18.2 Å². The Morgan fingerprint density at radius 1 is 0.958 bits per heavy atom. The van der Waals surface area contributed by atoms with Crippen molar-refractivity contribution >= 4 is 17.3 Å². The Bertz CT molecular complexity index is 726. The van der Waals surface area contributed by atoms with Gasteiger partial charge in [0.1, 0.15) is 6.04 Å². The first-order valence-electron chi connectivity index (χ1n) is 8.10. The van der Waals surface area contributed by atoms with Gasteiger partial charge in [0.05, 0.1) is 0 Å². The normalized spacial score (nSPS) is 13.7. The van der Waals surface area contributed by atoms with Crippen LogP contribution in [0.25, 0.3) is 0 Å². The number of ether oxygens (including phenoxy) is 2. The number of fused-ring (bicyclic) bond motifs is 1. The van der Waals surface area contributed by atoms with Gasteiger partial charge in [-0.1, -0.05) is 26.0 Å². The van der Waals surface area contributed by atoms with Crippen LogP contribution in [0.2, 0.25) is 0 Å². The van der Waals surface area contributed by atoms with E-state index in [4.69, 9.17) is 9.47 Å². The molecular formula is C19H22N2O3. The molecule has 1 atom stereocenters. The molecule has 0 aliphatic carbocycles. The molecule has 0 radical (unpaired) electrons. The Morgan fingerprint density at radius 2 is 1.62 bits per heavy atom. The Hall–Kier alpha value is -2.69. The second-order valence-electron chi connectivity index (χ2n) is 6.20. The molecule has 0 unspecified atom stereocenters. The minimum absolute atomic E-state index is 0.109. The fourth-order valence-electron chi connectivity index (χ4n) is 2.50. The summed E-state index contributed by atoms with van der Waals surface area (Å²) in [4.78, 5) is 12.3. The number of carbonyl (C=O) groups excluding carboxylic acids is 1. The van der Waals surface area contributed by atoms with Gasteiger partial charge in [-0.05, 0) is 42.7 Å². The van der Waals surface area contributed by atoms with Gasteiger partial charge in [-0.25, -0.2) is 0 Å². The van der Waals surface area contributed by atoms with Crippen LogP contribution in [-0.4, -0.2) is 18.7 Å². The first kappa shape index (κ1) is 16.2. The number of hydrogen-bond acceptors (Lipinski definition) is 4. The van der Waals surface area contributed by atoms with Gasteiger partial charge in [0, 0.05) is 17.4 Å². The van der Waals surface area contributed by atoms with E-state index in [0.29, 0.717) is 23.1 Å². The second kappa shape index (κ2) is 6.83. The molecule has 5 heteroatoms. The van der Waals surface area contributed by atoms with Crippen LogP contribution in [0.15, 0.2) is 42.5 Å². The van der Waals surface area contributed by atoms with Crippen molar-refractivity contribution in [2.45, 2.75) is 32.7 Å². The molecule has 0 saturated carbocycles. The van der Waals surface area contributed by atoms with Crippen LogP contribution in [0.5, 0.6) is 11.5 Å². The van der Waals surface area contributed by atoms with E-state index in [-0.39, 0.29) is 18.7 Å². The molecule has 1 amide bonds. The zero-order valence-corrected chi connectivity index (χ0v) is 14.1. The Labute approximate surface area is 142 Å². The van der Waals surface area contributed by atoms with Gasteiger partial charge in [0.2, 0.25) is 12.7 Å². The van der Waals surface area contributed by atoms with Crippen LogP contribution in [0.1, 0.15) is 32.3 Å². The van der Waals surface area contributed by atoms with E-state index >= 15 is 0 Å². The Morgan fingerprint density at radius 3 is 2.33 bits per heavy atom. The van der Waals surface area contributed by atoms with Crippen LogP contribution in [0, 0.1) is 0 Å². The quantitative estimate of drug-likeness (QED) is 0.872. The highest BCUT2D eigenvalue weighted by Gasteiger charge is 2.16. The van der Waals surface area contributed by atoms with Crippen molar-refractivity contribution in [1.82, 2.24) is 0 Å². The van der Waals surface area contributed by atoms with Gasteiger partial charge in [-0.2, -0.15) is 0 Å². The van der Waals surface area contributed by atoms with Gasteiger partial charge in [-0.15, -0.1) is 0 Å². The summed E-state index contributed by atoms with van der Waals surface area (Å²) in [6, 6.07) is 13.2. The third-order valence-corrected chi connectivity index (χ3v) is 3.99. The molecular weight excluding hydrogens is 304 g/mol. The van der Waals surface area contributed by atoms with Crippen molar-refractivity contribution < 1.29 is 14.3 Å². The van der Waals surface area contributed by atoms with Crippen LogP contribution >= 0.6 is 0 Å². The third-order valence-electron chi connectivity index (χ3n) is 3.99. The molecule has 0 fully saturated rings. The Kier molecular flexibility index (Phi) is 4.60. The maximum atomic E-state index is 12.3. The molecule has 0 bridgehead atoms. The highest BCUT2D eigenvalue weighted by atomic mass is 16.7. The lowest BCUT2D eigenvalue weighted by Gasteiger charge is -2.16. The SMILES string of the molecule is CC(C)c1ccc(N[C@@H](C)C(=O)Nc2ccc3c(c2)OCO3)cc1. The molecule has 5 nitrogen and oxygen atoms in total. The molecule has 126 valence electrons. The summed E-state index contributed by atoms with van der Waals surface area (Å²) in [5.74, 6) is 1.73. The lowest BCUT2D eigenvalue weighted by molar-refractivity contribution is -0.116. The predicted octanol–water partition coefficient (Wildman–Crippen LogP) is 3.98. The average Bonchev–Trinajstić information content (AvgIpc) is 3.03. The van der Waals surface area contributed by atoms with Crippen molar-refractivity contribution in [3.8, 4) is 11.5 Å². The number of benzene rings is 2. The summed E-state index contributed by atoms with van der Waals surface area (Å²) in [6.45, 7) is 6.36. The van der Waals surface area contributed by atoms with E-state index in [1.807, 2.05) is 19.1 Å². The number of hydrogen-bond donors (Lipinski definition) is 2. The van der Waals surface area contributed by atoms with Gasteiger partial charge in [-0.3, -0.25) is 4.79 Å². The van der Waals surface area contributed by atoms with Crippen molar-refractivity contribution in [3.63, 3.8) is 0 Å². The zero-order chi connectivity index (χ0) is 17.1. The number of amides is 1. The van der Waals surface area contributed by atoms with E-state index in [0.717, 1.165) is 5.69 Å². The van der Waals surface area contributed by atoms with Crippen molar-refractivity contribution in [2.24, 2.45) is 0 Å². The fourth-order valence-corrected chi connectivity index (χ4v) is 2.50. The van der Waals surface area contributed by atoms with Gasteiger partial charge < -0.3 is 20.1 Å². The summed E-state index contributed by atoms with van der Waals surface area (Å²) in [5.41, 5.74) is 2.89. The first-order valence-corrected chi connectivity index (χ1v) is 8.10. The summed E-state index contributed by atoms with van der Waals surface area (Å²) in [5, 5.41) is 6.10. The molecule has 1 heterocycles. The van der Waals surface area contributed by atoms with Crippen molar-refractivity contribution in [2.75, 3.05) is 17.4 Å². The van der Waals surface area contributed by atoms with Gasteiger partial charge >= 0.3 is 0 Å². The smallest absolute Gasteiger partial charge is 0.246 e. The standard InChI is InChI=1S/C19H22N2O3/c1-12(2)14-4-6-15(7-5-14)20-13(3)19(22)21-16-8-9-17-18(10-16)24-11-23-17/h4-10,12-13,20H,11H2,1-3H3,(H,21,22)/t13-/m0/s1. The molecule has 0 spiro atoms. The van der Waals surface area contributed by atoms with E-state index < -0.39 is 0 Å². The summed E-state index contributed by atoms with van der Waals surface area (Å²) in [7, 11) is 0. The first-order chi connectivity index (χ1) is 11.5. The molecule has 2 N–H and O–H groups in total.